The molecule has 0 aromatic heterocycles. The Morgan fingerprint density at radius 2 is 1.61 bits per heavy atom. The van der Waals surface area contributed by atoms with Gasteiger partial charge in [-0.25, -0.2) is 0 Å². The van der Waals surface area contributed by atoms with Crippen LogP contribution >= 0.6 is 0 Å². The Morgan fingerprint density at radius 3 is 2.39 bits per heavy atom. The van der Waals surface area contributed by atoms with Gasteiger partial charge in [-0.15, -0.1) is 0 Å². The van der Waals surface area contributed by atoms with Gasteiger partial charge in [-0.3, -0.25) is 0 Å². The smallest absolute Gasteiger partial charge is 0.126 e. The molecule has 0 amide bonds. The second-order valence-electron chi connectivity index (χ2n) is 9.63. The van der Waals surface area contributed by atoms with E-state index in [9.17, 15) is 5.11 Å². The fourth-order valence-corrected chi connectivity index (χ4v) is 5.54. The fourth-order valence-electron chi connectivity index (χ4n) is 5.54. The van der Waals surface area contributed by atoms with Crippen molar-refractivity contribution in [1.29, 1.82) is 0 Å². The molecule has 3 aromatic carbocycles. The normalized spacial score (nSPS) is 20.7. The third kappa shape index (κ3) is 5.25. The van der Waals surface area contributed by atoms with Crippen molar-refractivity contribution in [3.8, 4) is 11.5 Å². The highest BCUT2D eigenvalue weighted by molar-refractivity contribution is 5.50. The quantitative estimate of drug-likeness (QED) is 0.424. The van der Waals surface area contributed by atoms with Gasteiger partial charge in [0.2, 0.25) is 0 Å². The third-order valence-electron chi connectivity index (χ3n) is 7.36. The van der Waals surface area contributed by atoms with Crippen LogP contribution in [0.25, 0.3) is 0 Å². The van der Waals surface area contributed by atoms with Gasteiger partial charge in [0, 0.05) is 23.5 Å². The van der Waals surface area contributed by atoms with Gasteiger partial charge in [0.25, 0.3) is 0 Å². The molecule has 0 spiro atoms. The number of aryl methyl sites for hydroxylation is 1. The molecule has 5 rings (SSSR count). The third-order valence-corrected chi connectivity index (χ3v) is 7.36. The number of hydrogen-bond donors (Lipinski definition) is 1. The first-order chi connectivity index (χ1) is 16.3. The molecule has 2 aliphatic heterocycles. The molecule has 0 unspecified atom stereocenters. The number of phenols is 1. The zero-order chi connectivity index (χ0) is 22.5. The highest BCUT2D eigenvalue weighted by atomic mass is 16.5. The van der Waals surface area contributed by atoms with Crippen molar-refractivity contribution < 1.29 is 9.84 Å². The van der Waals surface area contributed by atoms with E-state index < -0.39 is 0 Å². The molecule has 2 heterocycles. The number of nitrogens with zero attached hydrogens (tertiary/aromatic N) is 1. The van der Waals surface area contributed by atoms with E-state index in [1.54, 1.807) is 12.1 Å². The van der Waals surface area contributed by atoms with Gasteiger partial charge in [-0.05, 0) is 74.5 Å². The summed E-state index contributed by atoms with van der Waals surface area (Å²) in [6.45, 7) is 4.45. The lowest BCUT2D eigenvalue weighted by Gasteiger charge is -2.34. The van der Waals surface area contributed by atoms with E-state index in [1.165, 1.54) is 68.4 Å². The molecule has 3 aromatic rings. The maximum absolute atomic E-state index is 9.97. The minimum Gasteiger partial charge on any atom is -0.508 e. The first-order valence-corrected chi connectivity index (χ1v) is 12.6. The summed E-state index contributed by atoms with van der Waals surface area (Å²) in [4.78, 5) is 2.64. The summed E-state index contributed by atoms with van der Waals surface area (Å²) in [5.74, 6) is 1.52. The predicted octanol–water partition coefficient (Wildman–Crippen LogP) is 6.51. The number of aromatic hydroxyl groups is 1. The molecule has 1 saturated heterocycles. The number of hydrogen-bond acceptors (Lipinski definition) is 3. The molecule has 3 heteroatoms. The van der Waals surface area contributed by atoms with Gasteiger partial charge < -0.3 is 14.7 Å². The Labute approximate surface area is 198 Å². The van der Waals surface area contributed by atoms with Crippen LogP contribution in [0, 0.1) is 0 Å². The maximum atomic E-state index is 9.97. The van der Waals surface area contributed by atoms with Crippen LogP contribution in [-0.4, -0.2) is 36.2 Å². The molecule has 2 atom stereocenters. The van der Waals surface area contributed by atoms with Crippen molar-refractivity contribution in [2.45, 2.75) is 50.4 Å². The molecule has 0 saturated carbocycles. The monoisotopic (exact) mass is 441 g/mol. The number of phenolic OH excluding ortho intramolecular Hbond substituents is 1. The van der Waals surface area contributed by atoms with Crippen molar-refractivity contribution in [1.82, 2.24) is 4.90 Å². The largest absolute Gasteiger partial charge is 0.508 e. The number of benzene rings is 3. The van der Waals surface area contributed by atoms with Crippen LogP contribution in [0.1, 0.15) is 66.2 Å². The van der Waals surface area contributed by atoms with E-state index in [0.717, 1.165) is 17.7 Å². The van der Waals surface area contributed by atoms with Crippen molar-refractivity contribution in [2.75, 3.05) is 26.2 Å². The summed E-state index contributed by atoms with van der Waals surface area (Å²) in [6.07, 6.45) is 7.85. The first kappa shape index (κ1) is 22.0. The lowest BCUT2D eigenvalue weighted by atomic mass is 9.75. The lowest BCUT2D eigenvalue weighted by molar-refractivity contribution is 0.225. The lowest BCUT2D eigenvalue weighted by Crippen LogP contribution is -2.30. The number of ether oxygens (including phenoxy) is 1. The molecule has 2 aliphatic rings. The van der Waals surface area contributed by atoms with Crippen LogP contribution in [0.3, 0.4) is 0 Å². The van der Waals surface area contributed by atoms with Crippen LogP contribution < -0.4 is 4.74 Å². The molecule has 1 fully saturated rings. The van der Waals surface area contributed by atoms with Gasteiger partial charge in [-0.1, -0.05) is 67.1 Å². The average molecular weight is 442 g/mol. The number of unbranched alkanes of at least 4 members (excludes halogenated alkanes) is 1. The molecule has 172 valence electrons. The van der Waals surface area contributed by atoms with E-state index in [1.807, 2.05) is 6.07 Å². The Balaban J connectivity index is 1.30. The van der Waals surface area contributed by atoms with Crippen LogP contribution in [-0.2, 0) is 6.42 Å². The number of likely N-dealkylation sites (tertiary alicyclic amines) is 1. The summed E-state index contributed by atoms with van der Waals surface area (Å²) < 4.78 is 6.10. The topological polar surface area (TPSA) is 32.7 Å². The summed E-state index contributed by atoms with van der Waals surface area (Å²) in [5.41, 5.74) is 5.19. The number of rotatable bonds is 7. The second-order valence-corrected chi connectivity index (χ2v) is 9.63. The average Bonchev–Trinajstić information content (AvgIpc) is 2.87. The van der Waals surface area contributed by atoms with Crippen molar-refractivity contribution in [3.63, 3.8) is 0 Å². The van der Waals surface area contributed by atoms with Gasteiger partial charge in [0.05, 0.1) is 6.61 Å². The van der Waals surface area contributed by atoms with E-state index >= 15 is 0 Å². The SMILES string of the molecule is Oc1ccc2c(c1)OC[C@@H](c1ccccc1)[C@H]2c1ccc(CCCCN2CCCCC2)cc1. The van der Waals surface area contributed by atoms with Gasteiger partial charge >= 0.3 is 0 Å². The van der Waals surface area contributed by atoms with Crippen molar-refractivity contribution in [3.05, 3.63) is 95.1 Å². The van der Waals surface area contributed by atoms with Crippen LogP contribution in [0.2, 0.25) is 0 Å². The molecule has 0 bridgehead atoms. The molecule has 1 N–H and O–H groups in total. The zero-order valence-corrected chi connectivity index (χ0v) is 19.5. The fraction of sp³-hybridized carbons (Fsp3) is 0.400. The standard InChI is InChI=1S/C30H35NO2/c32-26-16-17-27-29(21-26)33-22-28(24-10-3-1-4-11-24)30(27)25-14-12-23(13-15-25)9-5-8-20-31-18-6-2-7-19-31/h1,3-4,10-17,21,28,30,32H,2,5-9,18-20,22H2/t28-,30-/m0/s1. The summed E-state index contributed by atoms with van der Waals surface area (Å²) in [5, 5.41) is 9.97. The van der Waals surface area contributed by atoms with E-state index in [2.05, 4.69) is 59.5 Å². The van der Waals surface area contributed by atoms with Crippen LogP contribution in [0.15, 0.2) is 72.8 Å². The van der Waals surface area contributed by atoms with Crippen molar-refractivity contribution >= 4 is 0 Å². The predicted molar refractivity (Wildman–Crippen MR) is 134 cm³/mol. The number of fused-ring (bicyclic) bond motifs is 1. The summed E-state index contributed by atoms with van der Waals surface area (Å²) >= 11 is 0. The Bertz CT molecular complexity index is 1020. The molecular weight excluding hydrogens is 406 g/mol. The van der Waals surface area contributed by atoms with E-state index in [4.69, 9.17) is 4.74 Å². The molecule has 33 heavy (non-hydrogen) atoms. The van der Waals surface area contributed by atoms with Crippen molar-refractivity contribution in [2.24, 2.45) is 0 Å². The van der Waals surface area contributed by atoms with Crippen LogP contribution in [0.5, 0.6) is 11.5 Å². The first-order valence-electron chi connectivity index (χ1n) is 12.6. The van der Waals surface area contributed by atoms with E-state index in [-0.39, 0.29) is 17.6 Å². The Kier molecular flexibility index (Phi) is 6.97. The molecule has 0 radical (unpaired) electrons. The molecular formula is C30H35NO2. The molecule has 3 nitrogen and oxygen atoms in total. The van der Waals surface area contributed by atoms with Crippen LogP contribution in [0.4, 0.5) is 0 Å². The minimum absolute atomic E-state index is 0.213. The van der Waals surface area contributed by atoms with Gasteiger partial charge in [-0.2, -0.15) is 0 Å². The minimum atomic E-state index is 0.213. The van der Waals surface area contributed by atoms with E-state index in [0.29, 0.717) is 6.61 Å². The maximum Gasteiger partial charge on any atom is 0.126 e. The second kappa shape index (κ2) is 10.4. The Hall–Kier alpha value is -2.78. The summed E-state index contributed by atoms with van der Waals surface area (Å²) in [6, 6.07) is 25.5. The zero-order valence-electron chi connectivity index (χ0n) is 19.5. The van der Waals surface area contributed by atoms with Gasteiger partial charge in [0.1, 0.15) is 11.5 Å². The number of piperidine rings is 1. The highest BCUT2D eigenvalue weighted by Crippen LogP contribution is 2.46. The summed E-state index contributed by atoms with van der Waals surface area (Å²) in [7, 11) is 0. The highest BCUT2D eigenvalue weighted by Gasteiger charge is 2.33. The Morgan fingerprint density at radius 1 is 0.818 bits per heavy atom. The van der Waals surface area contributed by atoms with Gasteiger partial charge in [0.15, 0.2) is 0 Å². The molecule has 0 aliphatic carbocycles.